The van der Waals surface area contributed by atoms with Crippen LogP contribution in [-0.4, -0.2) is 51.7 Å². The number of rotatable bonds is 3. The van der Waals surface area contributed by atoms with Crippen molar-refractivity contribution in [3.8, 4) is 0 Å². The minimum Gasteiger partial charge on any atom is -0.350 e. The highest BCUT2D eigenvalue weighted by molar-refractivity contribution is 5.84. The lowest BCUT2D eigenvalue weighted by Crippen LogP contribution is -3.43. The van der Waals surface area contributed by atoms with Gasteiger partial charge in [0.05, 0.1) is 5.56 Å². The van der Waals surface area contributed by atoms with Crippen LogP contribution in [0.2, 0.25) is 0 Å². The van der Waals surface area contributed by atoms with Gasteiger partial charge in [0.2, 0.25) is 6.17 Å². The number of fused-ring (bicyclic) bond motifs is 1. The maximum atomic E-state index is 12.2. The third-order valence-corrected chi connectivity index (χ3v) is 8.16. The van der Waals surface area contributed by atoms with Crippen LogP contribution in [0.4, 0.5) is 0 Å². The SMILES string of the molecule is Cn1cc(C2[NH+]3CC4([N+](=O)[O-])C[NH+]2CC([N+](=O)[O-])(C3)C4(C)C)c2ccccc21. The summed E-state index contributed by atoms with van der Waals surface area (Å²) in [4.78, 5) is 26.0. The molecular weight excluding hydrogens is 362 g/mol. The normalized spacial score (nSPS) is 38.0. The van der Waals surface area contributed by atoms with Gasteiger partial charge in [-0.15, -0.1) is 0 Å². The van der Waals surface area contributed by atoms with Crippen molar-refractivity contribution in [1.82, 2.24) is 4.57 Å². The van der Waals surface area contributed by atoms with E-state index in [1.54, 1.807) is 13.8 Å². The fourth-order valence-corrected chi connectivity index (χ4v) is 6.52. The summed E-state index contributed by atoms with van der Waals surface area (Å²) in [7, 11) is 2.00. The number of benzene rings is 1. The zero-order valence-corrected chi connectivity index (χ0v) is 16.3. The van der Waals surface area contributed by atoms with E-state index < -0.39 is 16.5 Å². The summed E-state index contributed by atoms with van der Waals surface area (Å²) in [5, 5.41) is 25.6. The van der Waals surface area contributed by atoms with Crippen LogP contribution in [0.1, 0.15) is 25.6 Å². The topological polar surface area (TPSA) is 100 Å². The molecule has 0 unspecified atom stereocenters. The molecule has 4 saturated heterocycles. The molecule has 28 heavy (non-hydrogen) atoms. The highest BCUT2D eigenvalue weighted by Crippen LogP contribution is 2.48. The van der Waals surface area contributed by atoms with E-state index in [0.717, 1.165) is 26.3 Å². The average molecular weight is 387 g/mol. The summed E-state index contributed by atoms with van der Waals surface area (Å²) in [6, 6.07) is 8.13. The van der Waals surface area contributed by atoms with Gasteiger partial charge in [-0.05, 0) is 19.9 Å². The standard InChI is InChI=1S/C19H23N5O4/c1-17(2)18(23(25)26)9-21-11-19(17,24(27)28)12-22(10-18)16(21)14-8-20(3)15-7-5-4-6-13(14)15/h4-8,16H,9-12H2,1-3H3/p+2. The lowest BCUT2D eigenvalue weighted by Gasteiger charge is -2.60. The van der Waals surface area contributed by atoms with Gasteiger partial charge >= 0.3 is 11.1 Å². The Labute approximate surface area is 161 Å². The van der Waals surface area contributed by atoms with Gasteiger partial charge in [-0.3, -0.25) is 30.0 Å². The summed E-state index contributed by atoms with van der Waals surface area (Å²) in [6.45, 7) is 4.81. The van der Waals surface area contributed by atoms with Gasteiger partial charge in [-0.2, -0.15) is 0 Å². The van der Waals surface area contributed by atoms with Crippen molar-refractivity contribution in [3.05, 3.63) is 56.3 Å². The number of para-hydroxylation sites is 1. The van der Waals surface area contributed by atoms with Crippen LogP contribution in [0.5, 0.6) is 0 Å². The van der Waals surface area contributed by atoms with Crippen molar-refractivity contribution in [1.29, 1.82) is 0 Å². The monoisotopic (exact) mass is 387 g/mol. The second kappa shape index (κ2) is 5.09. The van der Waals surface area contributed by atoms with E-state index in [-0.39, 0.29) is 16.0 Å². The van der Waals surface area contributed by atoms with E-state index in [0.29, 0.717) is 26.2 Å². The molecule has 1 aromatic carbocycles. The molecule has 9 heteroatoms. The van der Waals surface area contributed by atoms with E-state index in [1.807, 2.05) is 19.2 Å². The fraction of sp³-hybridized carbons (Fsp3) is 0.579. The zero-order valence-electron chi connectivity index (χ0n) is 16.3. The van der Waals surface area contributed by atoms with Gasteiger partial charge in [-0.1, -0.05) is 18.2 Å². The van der Waals surface area contributed by atoms with E-state index in [4.69, 9.17) is 0 Å². The Bertz CT molecular complexity index is 977. The minimum atomic E-state index is -1.28. The maximum absolute atomic E-state index is 12.2. The van der Waals surface area contributed by atoms with E-state index >= 15 is 0 Å². The molecule has 0 aliphatic carbocycles. The van der Waals surface area contributed by atoms with Crippen molar-refractivity contribution in [2.45, 2.75) is 31.1 Å². The number of nitrogens with one attached hydrogen (secondary N) is 2. The van der Waals surface area contributed by atoms with Crippen molar-refractivity contribution >= 4 is 10.9 Å². The highest BCUT2D eigenvalue weighted by Gasteiger charge is 2.87. The minimum absolute atomic E-state index is 0.0108. The summed E-state index contributed by atoms with van der Waals surface area (Å²) < 4.78 is 2.08. The molecule has 9 nitrogen and oxygen atoms in total. The summed E-state index contributed by atoms with van der Waals surface area (Å²) in [5.74, 6) is 0. The van der Waals surface area contributed by atoms with Crippen LogP contribution in [0, 0.1) is 25.6 Å². The van der Waals surface area contributed by atoms with Crippen LogP contribution in [-0.2, 0) is 7.05 Å². The van der Waals surface area contributed by atoms with Gasteiger partial charge in [0.25, 0.3) is 0 Å². The molecule has 2 N–H and O–H groups in total. The molecule has 6 rings (SSSR count). The lowest BCUT2D eigenvalue weighted by molar-refractivity contribution is -1.20. The van der Waals surface area contributed by atoms with Gasteiger partial charge in [0.1, 0.15) is 5.41 Å². The van der Waals surface area contributed by atoms with Crippen molar-refractivity contribution < 1.29 is 19.6 Å². The molecule has 0 spiro atoms. The van der Waals surface area contributed by atoms with Crippen LogP contribution in [0.25, 0.3) is 10.9 Å². The van der Waals surface area contributed by atoms with Gasteiger partial charge in [0, 0.05) is 34.0 Å². The lowest BCUT2D eigenvalue weighted by atomic mass is 9.53. The van der Waals surface area contributed by atoms with Gasteiger partial charge in [0.15, 0.2) is 26.2 Å². The predicted octanol–water partition coefficient (Wildman–Crippen LogP) is -0.955. The van der Waals surface area contributed by atoms with Gasteiger partial charge < -0.3 is 4.57 Å². The van der Waals surface area contributed by atoms with Crippen LogP contribution in [0.3, 0.4) is 0 Å². The molecule has 4 bridgehead atoms. The molecule has 5 heterocycles. The molecule has 1 aromatic heterocycles. The molecule has 4 aliphatic rings. The number of aromatic nitrogens is 1. The Morgan fingerprint density at radius 1 is 1.00 bits per heavy atom. The molecule has 4 aliphatic heterocycles. The number of aryl methyl sites for hydroxylation is 1. The highest BCUT2D eigenvalue weighted by atomic mass is 16.6. The first-order chi connectivity index (χ1) is 13.1. The third kappa shape index (κ3) is 1.74. The second-order valence-electron chi connectivity index (χ2n) is 9.37. The number of nitro groups is 2. The maximum Gasteiger partial charge on any atom is 0.329 e. The van der Waals surface area contributed by atoms with Crippen LogP contribution in [0.15, 0.2) is 30.5 Å². The first-order valence-corrected chi connectivity index (χ1v) is 9.67. The number of nitrogens with zero attached hydrogens (tertiary/aromatic N) is 3. The summed E-state index contributed by atoms with van der Waals surface area (Å²) >= 11 is 0. The Hall–Kier alpha value is -2.52. The average Bonchev–Trinajstić information content (AvgIpc) is 2.95. The molecule has 2 aromatic rings. The zero-order chi connectivity index (χ0) is 20.1. The Balaban J connectivity index is 1.68. The second-order valence-corrected chi connectivity index (χ2v) is 9.37. The number of hydrogen-bond acceptors (Lipinski definition) is 4. The first kappa shape index (κ1) is 17.6. The fourth-order valence-electron chi connectivity index (χ4n) is 6.52. The van der Waals surface area contributed by atoms with E-state index in [2.05, 4.69) is 22.9 Å². The number of hydrogen-bond donors (Lipinski definition) is 2. The number of piperidine rings is 2. The van der Waals surface area contributed by atoms with Crippen molar-refractivity contribution in [2.24, 2.45) is 12.5 Å². The quantitative estimate of drug-likeness (QED) is 0.524. The van der Waals surface area contributed by atoms with Crippen molar-refractivity contribution in [2.75, 3.05) is 26.2 Å². The molecule has 4 fully saturated rings. The van der Waals surface area contributed by atoms with Crippen LogP contribution >= 0.6 is 0 Å². The molecule has 148 valence electrons. The van der Waals surface area contributed by atoms with E-state index in [1.165, 1.54) is 0 Å². The predicted molar refractivity (Wildman–Crippen MR) is 100 cm³/mol. The van der Waals surface area contributed by atoms with E-state index in [9.17, 15) is 20.2 Å². The summed E-state index contributed by atoms with van der Waals surface area (Å²) in [5.41, 5.74) is -1.30. The van der Waals surface area contributed by atoms with Crippen molar-refractivity contribution in [3.63, 3.8) is 0 Å². The Kier molecular flexibility index (Phi) is 3.20. The Morgan fingerprint density at radius 2 is 1.50 bits per heavy atom. The summed E-state index contributed by atoms with van der Waals surface area (Å²) in [6.07, 6.45) is 2.09. The molecular formula is C19H25N5O4+2. The molecule has 0 amide bonds. The largest absolute Gasteiger partial charge is 0.350 e. The molecule has 0 atom stereocenters. The van der Waals surface area contributed by atoms with Crippen LogP contribution < -0.4 is 9.80 Å². The third-order valence-electron chi connectivity index (χ3n) is 8.16. The number of quaternary nitrogens is 2. The van der Waals surface area contributed by atoms with Gasteiger partial charge in [-0.25, -0.2) is 0 Å². The first-order valence-electron chi connectivity index (χ1n) is 9.67. The molecule has 0 radical (unpaired) electrons. The molecule has 0 saturated carbocycles. The Morgan fingerprint density at radius 3 is 2.00 bits per heavy atom. The smallest absolute Gasteiger partial charge is 0.329 e.